The van der Waals surface area contributed by atoms with Crippen molar-refractivity contribution < 1.29 is 80.2 Å². The molecular weight excluding hydrogens is 1250 g/mol. The first-order valence-corrected chi connectivity index (χ1v) is 42.2. The molecule has 0 fully saturated rings. The van der Waals surface area contributed by atoms with E-state index in [0.29, 0.717) is 31.6 Å². The highest BCUT2D eigenvalue weighted by atomic mass is 31.2. The van der Waals surface area contributed by atoms with Crippen molar-refractivity contribution in [1.82, 2.24) is 0 Å². The Labute approximate surface area is 581 Å². The maximum atomic E-state index is 13.1. The maximum absolute atomic E-state index is 13.1. The van der Waals surface area contributed by atoms with Gasteiger partial charge in [-0.25, -0.2) is 9.13 Å². The normalized spacial score (nSPS) is 14.4. The predicted molar refractivity (Wildman–Crippen MR) is 386 cm³/mol. The van der Waals surface area contributed by atoms with E-state index < -0.39 is 97.5 Å². The van der Waals surface area contributed by atoms with Gasteiger partial charge in [0.1, 0.15) is 19.3 Å². The molecule has 17 nitrogen and oxygen atoms in total. The first kappa shape index (κ1) is 93.1. The molecule has 19 heteroatoms. The van der Waals surface area contributed by atoms with Crippen LogP contribution in [-0.4, -0.2) is 96.7 Å². The topological polar surface area (TPSA) is 237 Å². The largest absolute Gasteiger partial charge is 0.472 e. The van der Waals surface area contributed by atoms with Crippen molar-refractivity contribution in [3.05, 3.63) is 0 Å². The average Bonchev–Trinajstić information content (AvgIpc) is 1.49. The molecule has 0 aromatic rings. The summed E-state index contributed by atoms with van der Waals surface area (Å²) in [5.41, 5.74) is 0. The molecule has 4 unspecified atom stereocenters. The summed E-state index contributed by atoms with van der Waals surface area (Å²) in [6, 6.07) is 0. The van der Waals surface area contributed by atoms with E-state index >= 15 is 0 Å². The lowest BCUT2D eigenvalue weighted by atomic mass is 9.99. The second kappa shape index (κ2) is 65.4. The fourth-order valence-electron chi connectivity index (χ4n) is 11.5. The van der Waals surface area contributed by atoms with E-state index in [1.54, 1.807) is 0 Å². The van der Waals surface area contributed by atoms with Gasteiger partial charge in [0.15, 0.2) is 12.2 Å². The minimum Gasteiger partial charge on any atom is -0.462 e. The van der Waals surface area contributed by atoms with Crippen molar-refractivity contribution >= 4 is 39.5 Å². The van der Waals surface area contributed by atoms with Crippen molar-refractivity contribution in [1.29, 1.82) is 0 Å². The molecule has 0 aromatic carbocycles. The molecule has 0 saturated carbocycles. The van der Waals surface area contributed by atoms with E-state index in [-0.39, 0.29) is 25.7 Å². The summed E-state index contributed by atoms with van der Waals surface area (Å²) in [5, 5.41) is 10.6. The van der Waals surface area contributed by atoms with Gasteiger partial charge in [-0.3, -0.25) is 37.3 Å². The Morgan fingerprint density at radius 3 is 0.747 bits per heavy atom. The number of phosphoric ester groups is 2. The van der Waals surface area contributed by atoms with Crippen molar-refractivity contribution in [3.8, 4) is 0 Å². The van der Waals surface area contributed by atoms with Crippen LogP contribution in [0.1, 0.15) is 383 Å². The van der Waals surface area contributed by atoms with Gasteiger partial charge in [0.2, 0.25) is 0 Å². The molecule has 0 spiro atoms. The molecule has 0 saturated heterocycles. The van der Waals surface area contributed by atoms with E-state index in [2.05, 4.69) is 55.4 Å². The summed E-state index contributed by atoms with van der Waals surface area (Å²) in [4.78, 5) is 72.8. The molecule has 0 aliphatic heterocycles. The van der Waals surface area contributed by atoms with E-state index in [1.165, 1.54) is 180 Å². The lowest BCUT2D eigenvalue weighted by Gasteiger charge is -2.21. The number of rotatable bonds is 73. The summed E-state index contributed by atoms with van der Waals surface area (Å²) >= 11 is 0. The second-order valence-electron chi connectivity index (χ2n) is 29.1. The van der Waals surface area contributed by atoms with Crippen LogP contribution >= 0.6 is 15.6 Å². The molecule has 0 aliphatic rings. The zero-order valence-corrected chi connectivity index (χ0v) is 64.1. The Hall–Kier alpha value is -1.94. The Kier molecular flexibility index (Phi) is 64.0. The number of ether oxygens (including phenoxy) is 4. The van der Waals surface area contributed by atoms with Gasteiger partial charge in [0.25, 0.3) is 0 Å². The second-order valence-corrected chi connectivity index (χ2v) is 32.0. The van der Waals surface area contributed by atoms with Crippen LogP contribution in [0.4, 0.5) is 0 Å². The number of esters is 4. The van der Waals surface area contributed by atoms with Crippen LogP contribution in [0.3, 0.4) is 0 Å². The lowest BCUT2D eigenvalue weighted by Crippen LogP contribution is -2.30. The van der Waals surface area contributed by atoms with Crippen LogP contribution < -0.4 is 0 Å². The van der Waals surface area contributed by atoms with Gasteiger partial charge >= 0.3 is 39.5 Å². The highest BCUT2D eigenvalue weighted by Crippen LogP contribution is 2.45. The number of carbonyl (C=O) groups excluding carboxylic acids is 4. The van der Waals surface area contributed by atoms with Crippen molar-refractivity contribution in [2.75, 3.05) is 39.6 Å². The molecule has 0 radical (unpaired) electrons. The van der Waals surface area contributed by atoms with E-state index in [4.69, 9.17) is 37.0 Å². The Bertz CT molecular complexity index is 1870. The number of hydrogen-bond donors (Lipinski definition) is 3. The van der Waals surface area contributed by atoms with E-state index in [0.717, 1.165) is 114 Å². The third kappa shape index (κ3) is 69.0. The SMILES string of the molecule is CCC(C)CCCCCCCCCCC(=O)O[C@H](COC(=O)CCCCCCCCCCCCCCC(C)C)COP(=O)(O)OCC(O)COP(=O)(O)OC[C@@H](COC(=O)CCCCCCCCCC(C)C)OC(=O)CCCCCCCCCCCCCCCCCC(C)C. The minimum absolute atomic E-state index is 0.105. The molecule has 0 bridgehead atoms. The summed E-state index contributed by atoms with van der Waals surface area (Å²) in [6.45, 7) is 14.2. The molecule has 0 heterocycles. The number of aliphatic hydroxyl groups excluding tert-OH is 1. The van der Waals surface area contributed by atoms with Gasteiger partial charge < -0.3 is 33.8 Å². The number of carbonyl (C=O) groups is 4. The van der Waals surface area contributed by atoms with Crippen molar-refractivity contribution in [2.24, 2.45) is 23.7 Å². The number of hydrogen-bond acceptors (Lipinski definition) is 15. The molecule has 564 valence electrons. The van der Waals surface area contributed by atoms with Crippen molar-refractivity contribution in [2.45, 2.75) is 401 Å². The van der Waals surface area contributed by atoms with Crippen LogP contribution in [0.5, 0.6) is 0 Å². The standard InChI is InChI=1S/C76H148O17P2/c1-9-69(8)55-47-39-31-25-26-34-43-51-59-76(81)93-71(62-86-73(78)56-48-40-32-23-19-16-15-18-22-29-37-45-53-67(4)5)64-90-94(82,83)88-60-70(77)61-89-95(84,85)91-65-72(63-87-74(79)57-49-41-35-27-30-38-46-54-68(6)7)92-75(80)58-50-42-33-24-20-14-12-10-11-13-17-21-28-36-44-52-66(2)3/h66-72,77H,9-65H2,1-8H3,(H,82,83)(H,84,85)/t69?,70?,71-,72-/m1/s1. The first-order chi connectivity index (χ1) is 45.6. The molecule has 0 aromatic heterocycles. The van der Waals surface area contributed by atoms with Crippen LogP contribution in [0.2, 0.25) is 0 Å². The molecule has 0 rings (SSSR count). The number of phosphoric acid groups is 2. The van der Waals surface area contributed by atoms with Crippen molar-refractivity contribution in [3.63, 3.8) is 0 Å². The first-order valence-electron chi connectivity index (χ1n) is 39.2. The fraction of sp³-hybridized carbons (Fsp3) is 0.947. The zero-order chi connectivity index (χ0) is 70.3. The summed E-state index contributed by atoms with van der Waals surface area (Å²) in [6.07, 6.45) is 50.0. The fourth-order valence-corrected chi connectivity index (χ4v) is 13.1. The Balaban J connectivity index is 5.23. The van der Waals surface area contributed by atoms with Gasteiger partial charge in [-0.1, -0.05) is 331 Å². The molecule has 6 atom stereocenters. The van der Waals surface area contributed by atoms with Gasteiger partial charge in [-0.15, -0.1) is 0 Å². The highest BCUT2D eigenvalue weighted by molar-refractivity contribution is 7.47. The van der Waals surface area contributed by atoms with Gasteiger partial charge in [0, 0.05) is 25.7 Å². The molecule has 0 amide bonds. The predicted octanol–water partition coefficient (Wildman–Crippen LogP) is 22.0. The molecule has 3 N–H and O–H groups in total. The number of unbranched alkanes of at least 4 members (excludes halogenated alkanes) is 38. The van der Waals surface area contributed by atoms with Gasteiger partial charge in [-0.05, 0) is 49.4 Å². The third-order valence-corrected chi connectivity index (χ3v) is 19.8. The molecular formula is C76H148O17P2. The third-order valence-electron chi connectivity index (χ3n) is 17.9. The van der Waals surface area contributed by atoms with Crippen LogP contribution in [0.25, 0.3) is 0 Å². The summed E-state index contributed by atoms with van der Waals surface area (Å²) < 4.78 is 68.5. The maximum Gasteiger partial charge on any atom is 0.472 e. The molecule has 95 heavy (non-hydrogen) atoms. The monoisotopic (exact) mass is 1400 g/mol. The Morgan fingerprint density at radius 1 is 0.295 bits per heavy atom. The van der Waals surface area contributed by atoms with Crippen LogP contribution in [0.15, 0.2) is 0 Å². The van der Waals surface area contributed by atoms with E-state index in [1.807, 2.05) is 0 Å². The smallest absolute Gasteiger partial charge is 0.462 e. The van der Waals surface area contributed by atoms with Gasteiger partial charge in [0.05, 0.1) is 26.4 Å². The van der Waals surface area contributed by atoms with Crippen LogP contribution in [-0.2, 0) is 65.4 Å². The van der Waals surface area contributed by atoms with Gasteiger partial charge in [-0.2, -0.15) is 0 Å². The average molecular weight is 1400 g/mol. The van der Waals surface area contributed by atoms with Crippen LogP contribution in [0, 0.1) is 23.7 Å². The van der Waals surface area contributed by atoms with E-state index in [9.17, 15) is 43.2 Å². The lowest BCUT2D eigenvalue weighted by molar-refractivity contribution is -0.161. The molecule has 0 aliphatic carbocycles. The number of aliphatic hydroxyl groups is 1. The quantitative estimate of drug-likeness (QED) is 0.0222. The highest BCUT2D eigenvalue weighted by Gasteiger charge is 2.30. The Morgan fingerprint density at radius 2 is 0.505 bits per heavy atom. The summed E-state index contributed by atoms with van der Waals surface area (Å²) in [5.74, 6) is 0.936. The zero-order valence-electron chi connectivity index (χ0n) is 62.3. The summed E-state index contributed by atoms with van der Waals surface area (Å²) in [7, 11) is -9.91. The minimum atomic E-state index is -4.96.